The maximum absolute atomic E-state index is 12.5. The molecule has 0 saturated heterocycles. The molecule has 7 nitrogen and oxygen atoms in total. The first-order chi connectivity index (χ1) is 10.3. The van der Waals surface area contributed by atoms with Crippen molar-refractivity contribution in [2.24, 2.45) is 0 Å². The van der Waals surface area contributed by atoms with Gasteiger partial charge in [0.1, 0.15) is 23.7 Å². The quantitative estimate of drug-likeness (QED) is 0.881. The van der Waals surface area contributed by atoms with Crippen LogP contribution in [0.2, 0.25) is 0 Å². The molecule has 2 aliphatic rings. The predicted octanol–water partition coefficient (Wildman–Crippen LogP) is 1.28. The first kappa shape index (κ1) is 12.4. The Balaban J connectivity index is 1.56. The van der Waals surface area contributed by atoms with Crippen LogP contribution in [0.5, 0.6) is 0 Å². The molecule has 0 unspecified atom stereocenters. The second kappa shape index (κ2) is 4.61. The molecular formula is C14H16N6O. The molecule has 2 aromatic heterocycles. The van der Waals surface area contributed by atoms with E-state index in [1.54, 1.807) is 12.3 Å². The fourth-order valence-electron chi connectivity index (χ4n) is 2.71. The summed E-state index contributed by atoms with van der Waals surface area (Å²) in [7, 11) is 0. The van der Waals surface area contributed by atoms with E-state index in [9.17, 15) is 4.79 Å². The number of rotatable bonds is 4. The van der Waals surface area contributed by atoms with E-state index in [4.69, 9.17) is 0 Å². The van der Waals surface area contributed by atoms with Crippen LogP contribution in [0.4, 0.5) is 0 Å². The Labute approximate surface area is 121 Å². The van der Waals surface area contributed by atoms with E-state index in [-0.39, 0.29) is 5.91 Å². The molecule has 0 spiro atoms. The fraction of sp³-hybridized carbons (Fsp3) is 0.500. The van der Waals surface area contributed by atoms with Crippen LogP contribution in [0, 0.1) is 0 Å². The number of hydrogen-bond donors (Lipinski definition) is 2. The zero-order chi connectivity index (χ0) is 14.3. The standard InChI is InChI=1S/C14H16N6O/c21-12(10-4-7-15-11(18-10)9-2-3-9)19-14(5-1-6-14)13-16-8-17-20-13/h4,7-9H,1-3,5-6H2,(H,19,21)(H,16,17,20). The minimum atomic E-state index is -0.418. The molecule has 108 valence electrons. The Kier molecular flexibility index (Phi) is 2.73. The van der Waals surface area contributed by atoms with Gasteiger partial charge in [0.2, 0.25) is 0 Å². The number of carbonyl (C=O) groups excluding carboxylic acids is 1. The number of H-pyrrole nitrogens is 1. The lowest BCUT2D eigenvalue weighted by Gasteiger charge is -2.40. The first-order valence-corrected chi connectivity index (χ1v) is 7.28. The summed E-state index contributed by atoms with van der Waals surface area (Å²) in [6.07, 6.45) is 8.18. The SMILES string of the molecule is O=C(NC1(c2ncn[nH]2)CCC1)c1ccnc(C2CC2)n1. The molecule has 0 bridgehead atoms. The Morgan fingerprint density at radius 3 is 2.81 bits per heavy atom. The van der Waals surface area contributed by atoms with Crippen LogP contribution in [0.15, 0.2) is 18.6 Å². The highest BCUT2D eigenvalue weighted by molar-refractivity contribution is 5.92. The molecule has 2 saturated carbocycles. The Bertz CT molecular complexity index is 660. The number of aromatic amines is 1. The molecule has 0 aliphatic heterocycles. The summed E-state index contributed by atoms with van der Waals surface area (Å²) >= 11 is 0. The van der Waals surface area contributed by atoms with Crippen LogP contribution < -0.4 is 5.32 Å². The number of amides is 1. The van der Waals surface area contributed by atoms with Gasteiger partial charge >= 0.3 is 0 Å². The lowest BCUT2D eigenvalue weighted by atomic mass is 9.76. The molecule has 1 amide bonds. The zero-order valence-corrected chi connectivity index (χ0v) is 11.5. The smallest absolute Gasteiger partial charge is 0.270 e. The van der Waals surface area contributed by atoms with Gasteiger partial charge in [-0.25, -0.2) is 15.0 Å². The van der Waals surface area contributed by atoms with Crippen LogP contribution in [-0.4, -0.2) is 31.1 Å². The van der Waals surface area contributed by atoms with E-state index in [1.165, 1.54) is 6.33 Å². The van der Waals surface area contributed by atoms with Gasteiger partial charge in [-0.2, -0.15) is 5.10 Å². The van der Waals surface area contributed by atoms with Crippen molar-refractivity contribution < 1.29 is 4.79 Å². The van der Waals surface area contributed by atoms with Crippen molar-refractivity contribution in [2.75, 3.05) is 0 Å². The lowest BCUT2D eigenvalue weighted by molar-refractivity contribution is 0.0804. The fourth-order valence-corrected chi connectivity index (χ4v) is 2.71. The van der Waals surface area contributed by atoms with E-state index >= 15 is 0 Å². The molecule has 2 N–H and O–H groups in total. The van der Waals surface area contributed by atoms with Gasteiger partial charge in [-0.3, -0.25) is 9.89 Å². The maximum Gasteiger partial charge on any atom is 0.270 e. The molecule has 0 atom stereocenters. The van der Waals surface area contributed by atoms with Gasteiger partial charge < -0.3 is 5.32 Å². The van der Waals surface area contributed by atoms with Gasteiger partial charge in [0.25, 0.3) is 5.91 Å². The van der Waals surface area contributed by atoms with Crippen molar-refractivity contribution in [1.82, 2.24) is 30.5 Å². The number of hydrogen-bond acceptors (Lipinski definition) is 5. The van der Waals surface area contributed by atoms with Gasteiger partial charge in [0.05, 0.1) is 5.54 Å². The van der Waals surface area contributed by atoms with Gasteiger partial charge in [-0.1, -0.05) is 0 Å². The topological polar surface area (TPSA) is 96.5 Å². The average molecular weight is 284 g/mol. The summed E-state index contributed by atoms with van der Waals surface area (Å²) in [4.78, 5) is 25.3. The molecule has 2 fully saturated rings. The van der Waals surface area contributed by atoms with E-state index in [1.807, 2.05) is 0 Å². The van der Waals surface area contributed by atoms with E-state index in [2.05, 4.69) is 30.5 Å². The molecule has 4 rings (SSSR count). The second-order valence-electron chi connectivity index (χ2n) is 5.80. The first-order valence-electron chi connectivity index (χ1n) is 7.28. The molecule has 0 radical (unpaired) electrons. The average Bonchev–Trinajstić information content (AvgIpc) is 3.18. The predicted molar refractivity (Wildman–Crippen MR) is 73.4 cm³/mol. The molecule has 2 aromatic rings. The minimum absolute atomic E-state index is 0.171. The van der Waals surface area contributed by atoms with Crippen LogP contribution in [-0.2, 0) is 5.54 Å². The van der Waals surface area contributed by atoms with E-state index in [0.29, 0.717) is 11.6 Å². The third kappa shape index (κ3) is 2.18. The summed E-state index contributed by atoms with van der Waals surface area (Å²) in [5.41, 5.74) is 0.0100. The monoisotopic (exact) mass is 284 g/mol. The molecule has 2 aliphatic carbocycles. The Hall–Kier alpha value is -2.31. The van der Waals surface area contributed by atoms with Crippen LogP contribution >= 0.6 is 0 Å². The van der Waals surface area contributed by atoms with E-state index in [0.717, 1.165) is 43.8 Å². The summed E-state index contributed by atoms with van der Waals surface area (Å²) in [6.45, 7) is 0. The Morgan fingerprint density at radius 2 is 2.19 bits per heavy atom. The van der Waals surface area contributed by atoms with Gasteiger partial charge in [-0.05, 0) is 38.2 Å². The summed E-state index contributed by atoms with van der Waals surface area (Å²) in [5.74, 6) is 1.77. The van der Waals surface area contributed by atoms with Gasteiger partial charge in [0.15, 0.2) is 0 Å². The van der Waals surface area contributed by atoms with E-state index < -0.39 is 5.54 Å². The third-order valence-corrected chi connectivity index (χ3v) is 4.28. The highest BCUT2D eigenvalue weighted by atomic mass is 16.2. The van der Waals surface area contributed by atoms with Crippen LogP contribution in [0.3, 0.4) is 0 Å². The zero-order valence-electron chi connectivity index (χ0n) is 11.5. The number of aromatic nitrogens is 5. The van der Waals surface area contributed by atoms with Crippen LogP contribution in [0.25, 0.3) is 0 Å². The summed E-state index contributed by atoms with van der Waals surface area (Å²) < 4.78 is 0. The second-order valence-corrected chi connectivity index (χ2v) is 5.80. The molecule has 0 aromatic carbocycles. The number of carbonyl (C=O) groups is 1. The van der Waals surface area contributed by atoms with Crippen molar-refractivity contribution in [3.63, 3.8) is 0 Å². The Morgan fingerprint density at radius 1 is 1.33 bits per heavy atom. The minimum Gasteiger partial charge on any atom is -0.338 e. The molecular weight excluding hydrogens is 268 g/mol. The van der Waals surface area contributed by atoms with Gasteiger partial charge in [-0.15, -0.1) is 0 Å². The van der Waals surface area contributed by atoms with Crippen LogP contribution in [0.1, 0.15) is 60.2 Å². The molecule has 21 heavy (non-hydrogen) atoms. The van der Waals surface area contributed by atoms with Crippen molar-refractivity contribution in [3.05, 3.63) is 35.9 Å². The summed E-state index contributed by atoms with van der Waals surface area (Å²) in [5, 5.41) is 9.82. The normalized spacial score (nSPS) is 19.8. The lowest BCUT2D eigenvalue weighted by Crippen LogP contribution is -2.51. The van der Waals surface area contributed by atoms with Crippen molar-refractivity contribution in [1.29, 1.82) is 0 Å². The summed E-state index contributed by atoms with van der Waals surface area (Å²) in [6, 6.07) is 1.66. The number of nitrogens with zero attached hydrogens (tertiary/aromatic N) is 4. The van der Waals surface area contributed by atoms with Crippen molar-refractivity contribution in [2.45, 2.75) is 43.6 Å². The molecule has 7 heteroatoms. The maximum atomic E-state index is 12.5. The van der Waals surface area contributed by atoms with Crippen molar-refractivity contribution >= 4 is 5.91 Å². The highest BCUT2D eigenvalue weighted by Gasteiger charge is 2.43. The van der Waals surface area contributed by atoms with Gasteiger partial charge in [0, 0.05) is 12.1 Å². The largest absolute Gasteiger partial charge is 0.338 e. The van der Waals surface area contributed by atoms with Crippen molar-refractivity contribution in [3.8, 4) is 0 Å². The third-order valence-electron chi connectivity index (χ3n) is 4.28. The molecule has 2 heterocycles. The highest BCUT2D eigenvalue weighted by Crippen LogP contribution is 2.40. The number of nitrogens with one attached hydrogen (secondary N) is 2.